The number of nitrogens with two attached hydrogens (primary N) is 1. The van der Waals surface area contributed by atoms with E-state index < -0.39 is 5.91 Å². The van der Waals surface area contributed by atoms with E-state index in [4.69, 9.17) is 10.5 Å². The zero-order valence-corrected chi connectivity index (χ0v) is 15.4. The molecule has 5 nitrogen and oxygen atoms in total. The molecule has 0 radical (unpaired) electrons. The highest BCUT2D eigenvalue weighted by Crippen LogP contribution is 2.24. The summed E-state index contributed by atoms with van der Waals surface area (Å²) in [5.41, 5.74) is 8.17. The molecule has 0 aliphatic heterocycles. The van der Waals surface area contributed by atoms with Crippen molar-refractivity contribution < 1.29 is 9.53 Å². The van der Waals surface area contributed by atoms with Crippen LogP contribution in [0.15, 0.2) is 36.5 Å². The molecule has 1 heterocycles. The number of rotatable bonds is 7. The molecule has 0 saturated heterocycles. The Morgan fingerprint density at radius 3 is 2.56 bits per heavy atom. The topological polar surface area (TPSA) is 77.2 Å². The predicted octanol–water partition coefficient (Wildman–Crippen LogP) is 3.81. The summed E-state index contributed by atoms with van der Waals surface area (Å²) in [6.07, 6.45) is 2.56. The fourth-order valence-corrected chi connectivity index (χ4v) is 2.33. The van der Waals surface area contributed by atoms with E-state index in [2.05, 4.69) is 37.1 Å². The van der Waals surface area contributed by atoms with Crippen LogP contribution in [0, 0.1) is 12.3 Å². The van der Waals surface area contributed by atoms with Crippen LogP contribution < -0.4 is 15.8 Å². The van der Waals surface area contributed by atoms with Crippen LogP contribution in [0.5, 0.6) is 11.6 Å². The fraction of sp³-hybridized carbons (Fsp3) is 0.400. The van der Waals surface area contributed by atoms with Gasteiger partial charge in [-0.05, 0) is 48.6 Å². The molecule has 2 rings (SSSR count). The van der Waals surface area contributed by atoms with Gasteiger partial charge in [0.25, 0.3) is 0 Å². The Bertz CT molecular complexity index is 719. The van der Waals surface area contributed by atoms with Crippen molar-refractivity contribution in [1.29, 1.82) is 0 Å². The Morgan fingerprint density at radius 1 is 1.24 bits per heavy atom. The summed E-state index contributed by atoms with van der Waals surface area (Å²) in [7, 11) is 0. The first-order chi connectivity index (χ1) is 11.7. The lowest BCUT2D eigenvalue weighted by molar-refractivity contribution is 0.1000. The van der Waals surface area contributed by atoms with Crippen LogP contribution in [0.3, 0.4) is 0 Å². The van der Waals surface area contributed by atoms with Crippen LogP contribution in [0.2, 0.25) is 0 Å². The summed E-state index contributed by atoms with van der Waals surface area (Å²) in [6.45, 7) is 10.6. The molecule has 5 heteroatoms. The van der Waals surface area contributed by atoms with Crippen molar-refractivity contribution in [2.45, 2.75) is 40.7 Å². The Morgan fingerprint density at radius 2 is 2.00 bits per heavy atom. The van der Waals surface area contributed by atoms with E-state index >= 15 is 0 Å². The monoisotopic (exact) mass is 341 g/mol. The van der Waals surface area contributed by atoms with Gasteiger partial charge in [-0.25, -0.2) is 4.98 Å². The zero-order valence-electron chi connectivity index (χ0n) is 15.4. The number of nitrogens with one attached hydrogen (secondary N) is 1. The van der Waals surface area contributed by atoms with Gasteiger partial charge in [-0.3, -0.25) is 4.79 Å². The number of carbonyl (C=O) groups is 1. The van der Waals surface area contributed by atoms with E-state index in [0.29, 0.717) is 16.9 Å². The molecular formula is C20H27N3O2. The molecule has 1 amide bonds. The minimum absolute atomic E-state index is 0.345. The van der Waals surface area contributed by atoms with Gasteiger partial charge in [0.2, 0.25) is 11.8 Å². The van der Waals surface area contributed by atoms with Gasteiger partial charge >= 0.3 is 0 Å². The second kappa shape index (κ2) is 8.12. The maximum Gasteiger partial charge on any atom is 0.250 e. The molecule has 3 N–H and O–H groups in total. The van der Waals surface area contributed by atoms with Crippen molar-refractivity contribution in [3.63, 3.8) is 0 Å². The molecular weight excluding hydrogens is 314 g/mol. The maximum absolute atomic E-state index is 11.1. The van der Waals surface area contributed by atoms with E-state index in [1.807, 2.05) is 19.1 Å². The van der Waals surface area contributed by atoms with Gasteiger partial charge in [-0.15, -0.1) is 0 Å². The van der Waals surface area contributed by atoms with Crippen molar-refractivity contribution >= 4 is 5.91 Å². The second-order valence-corrected chi connectivity index (χ2v) is 7.44. The Kier molecular flexibility index (Phi) is 6.15. The van der Waals surface area contributed by atoms with Gasteiger partial charge in [0.1, 0.15) is 5.75 Å². The highest BCUT2D eigenvalue weighted by molar-refractivity contribution is 5.92. The highest BCUT2D eigenvalue weighted by atomic mass is 16.5. The Hall–Kier alpha value is -2.40. The number of nitrogens with zero attached hydrogens (tertiary/aromatic N) is 1. The molecule has 25 heavy (non-hydrogen) atoms. The average molecular weight is 341 g/mol. The maximum atomic E-state index is 11.1. The van der Waals surface area contributed by atoms with Crippen molar-refractivity contribution in [2.24, 2.45) is 11.1 Å². The third-order valence-electron chi connectivity index (χ3n) is 3.86. The van der Waals surface area contributed by atoms with Gasteiger partial charge in [-0.1, -0.05) is 32.9 Å². The molecule has 0 aliphatic carbocycles. The highest BCUT2D eigenvalue weighted by Gasteiger charge is 2.09. The van der Waals surface area contributed by atoms with Crippen molar-refractivity contribution in [3.05, 3.63) is 53.2 Å². The van der Waals surface area contributed by atoms with Gasteiger partial charge in [0.15, 0.2) is 0 Å². The summed E-state index contributed by atoms with van der Waals surface area (Å²) < 4.78 is 5.79. The van der Waals surface area contributed by atoms with E-state index in [1.54, 1.807) is 12.1 Å². The largest absolute Gasteiger partial charge is 0.439 e. The first-order valence-corrected chi connectivity index (χ1v) is 8.48. The number of aryl methyl sites for hydroxylation is 1. The van der Waals surface area contributed by atoms with Crippen molar-refractivity contribution in [2.75, 3.05) is 6.54 Å². The van der Waals surface area contributed by atoms with Crippen LogP contribution in [0.1, 0.15) is 48.7 Å². The average Bonchev–Trinajstić information content (AvgIpc) is 2.53. The number of primary amides is 1. The zero-order chi connectivity index (χ0) is 18.4. The number of pyridine rings is 1. The molecule has 0 spiro atoms. The summed E-state index contributed by atoms with van der Waals surface area (Å²) >= 11 is 0. The second-order valence-electron chi connectivity index (χ2n) is 7.44. The van der Waals surface area contributed by atoms with E-state index in [0.717, 1.165) is 30.8 Å². The molecule has 2 aromatic rings. The molecule has 0 bridgehead atoms. The Labute approximate surface area is 149 Å². The molecule has 1 aromatic carbocycles. The van der Waals surface area contributed by atoms with Gasteiger partial charge in [0.05, 0.1) is 5.56 Å². The van der Waals surface area contributed by atoms with E-state index in [9.17, 15) is 4.79 Å². The first kappa shape index (κ1) is 18.9. The lowest BCUT2D eigenvalue weighted by Crippen LogP contribution is -2.20. The number of carbonyl (C=O) groups excluding carboxylic acids is 1. The van der Waals surface area contributed by atoms with Crippen LogP contribution in [0.25, 0.3) is 0 Å². The third-order valence-corrected chi connectivity index (χ3v) is 3.86. The van der Waals surface area contributed by atoms with Crippen LogP contribution in [0.4, 0.5) is 0 Å². The summed E-state index contributed by atoms with van der Waals surface area (Å²) in [5.74, 6) is 0.681. The smallest absolute Gasteiger partial charge is 0.250 e. The van der Waals surface area contributed by atoms with Crippen molar-refractivity contribution in [1.82, 2.24) is 10.3 Å². The van der Waals surface area contributed by atoms with E-state index in [-0.39, 0.29) is 0 Å². The van der Waals surface area contributed by atoms with Gasteiger partial charge in [0, 0.05) is 18.8 Å². The number of aromatic nitrogens is 1. The lowest BCUT2D eigenvalue weighted by Gasteiger charge is -2.18. The molecule has 0 atom stereocenters. The number of hydrogen-bond donors (Lipinski definition) is 2. The molecule has 0 aliphatic rings. The predicted molar refractivity (Wildman–Crippen MR) is 99.8 cm³/mol. The third kappa shape index (κ3) is 6.19. The van der Waals surface area contributed by atoms with Crippen LogP contribution in [-0.4, -0.2) is 17.4 Å². The minimum Gasteiger partial charge on any atom is -0.439 e. The fourth-order valence-electron chi connectivity index (χ4n) is 2.33. The SMILES string of the molecule is Cc1cc(CNCCC(C)(C)C)ccc1Oc1ccc(C(N)=O)cn1. The van der Waals surface area contributed by atoms with Gasteiger partial charge in [-0.2, -0.15) is 0 Å². The molecule has 0 fully saturated rings. The number of benzene rings is 1. The molecule has 134 valence electrons. The van der Waals surface area contributed by atoms with Crippen LogP contribution in [-0.2, 0) is 6.54 Å². The van der Waals surface area contributed by atoms with Crippen molar-refractivity contribution in [3.8, 4) is 11.6 Å². The first-order valence-electron chi connectivity index (χ1n) is 8.48. The summed E-state index contributed by atoms with van der Waals surface area (Å²) in [4.78, 5) is 15.2. The number of hydrogen-bond acceptors (Lipinski definition) is 4. The summed E-state index contributed by atoms with van der Waals surface area (Å²) in [6, 6.07) is 9.34. The molecule has 0 saturated carbocycles. The number of amides is 1. The minimum atomic E-state index is -0.501. The number of ether oxygens (including phenoxy) is 1. The lowest BCUT2D eigenvalue weighted by atomic mass is 9.92. The normalized spacial score (nSPS) is 11.4. The Balaban J connectivity index is 1.93. The van der Waals surface area contributed by atoms with Crippen LogP contribution >= 0.6 is 0 Å². The quantitative estimate of drug-likeness (QED) is 0.751. The molecule has 1 aromatic heterocycles. The standard InChI is InChI=1S/C20H27N3O2/c1-14-11-15(12-22-10-9-20(2,3)4)5-7-17(14)25-18-8-6-16(13-23-18)19(21)24/h5-8,11,13,22H,9-10,12H2,1-4H3,(H2,21,24). The van der Waals surface area contributed by atoms with Gasteiger partial charge < -0.3 is 15.8 Å². The summed E-state index contributed by atoms with van der Waals surface area (Å²) in [5, 5.41) is 3.47. The van der Waals surface area contributed by atoms with E-state index in [1.165, 1.54) is 11.8 Å². The molecule has 0 unspecified atom stereocenters.